The molecule has 0 amide bonds. The standard InChI is InChI=1S/C13H17N5O3/c1-2-7-21-12-8-10(3-4-11(12)18(19)20)14-6-5-13-15-9-16-17-13/h3-4,8-9,14H,2,5-7H2,1H3,(H,15,16,17). The van der Waals surface area contributed by atoms with E-state index in [1.807, 2.05) is 6.92 Å². The Morgan fingerprint density at radius 3 is 3.00 bits per heavy atom. The highest BCUT2D eigenvalue weighted by molar-refractivity contribution is 5.58. The van der Waals surface area contributed by atoms with E-state index >= 15 is 0 Å². The number of aromatic nitrogens is 3. The summed E-state index contributed by atoms with van der Waals surface area (Å²) in [7, 11) is 0. The van der Waals surface area contributed by atoms with Gasteiger partial charge in [-0.2, -0.15) is 5.10 Å². The predicted octanol–water partition coefficient (Wildman–Crippen LogP) is 2.16. The van der Waals surface area contributed by atoms with Crippen LogP contribution in [0, 0.1) is 10.1 Å². The Bertz CT molecular complexity index is 585. The van der Waals surface area contributed by atoms with E-state index in [4.69, 9.17) is 4.74 Å². The third kappa shape index (κ3) is 4.16. The zero-order valence-electron chi connectivity index (χ0n) is 11.7. The lowest BCUT2D eigenvalue weighted by Crippen LogP contribution is -2.07. The average molecular weight is 291 g/mol. The monoisotopic (exact) mass is 291 g/mol. The lowest BCUT2D eigenvalue weighted by atomic mass is 10.2. The highest BCUT2D eigenvalue weighted by Gasteiger charge is 2.15. The van der Waals surface area contributed by atoms with E-state index in [1.54, 1.807) is 12.1 Å². The fraction of sp³-hybridized carbons (Fsp3) is 0.385. The van der Waals surface area contributed by atoms with E-state index in [9.17, 15) is 10.1 Å². The van der Waals surface area contributed by atoms with Gasteiger partial charge in [0.25, 0.3) is 0 Å². The largest absolute Gasteiger partial charge is 0.487 e. The fourth-order valence-electron chi connectivity index (χ4n) is 1.78. The summed E-state index contributed by atoms with van der Waals surface area (Å²) in [5, 5.41) is 20.7. The van der Waals surface area contributed by atoms with Crippen LogP contribution < -0.4 is 10.1 Å². The Balaban J connectivity index is 2.00. The third-order valence-electron chi connectivity index (χ3n) is 2.77. The Morgan fingerprint density at radius 2 is 2.33 bits per heavy atom. The molecule has 2 rings (SSSR count). The van der Waals surface area contributed by atoms with Crippen molar-refractivity contribution >= 4 is 11.4 Å². The molecule has 1 heterocycles. The molecule has 2 N–H and O–H groups in total. The molecule has 0 unspecified atom stereocenters. The number of anilines is 1. The molecule has 0 atom stereocenters. The normalized spacial score (nSPS) is 10.3. The van der Waals surface area contributed by atoms with Crippen molar-refractivity contribution in [3.8, 4) is 5.75 Å². The number of nitro groups is 1. The number of nitro benzene ring substituents is 1. The lowest BCUT2D eigenvalue weighted by molar-refractivity contribution is -0.385. The second-order valence-electron chi connectivity index (χ2n) is 4.40. The molecular weight excluding hydrogens is 274 g/mol. The van der Waals surface area contributed by atoms with Crippen molar-refractivity contribution in [3.63, 3.8) is 0 Å². The minimum Gasteiger partial charge on any atom is -0.487 e. The molecule has 0 fully saturated rings. The van der Waals surface area contributed by atoms with Gasteiger partial charge in [-0.3, -0.25) is 15.2 Å². The van der Waals surface area contributed by atoms with E-state index in [2.05, 4.69) is 20.5 Å². The summed E-state index contributed by atoms with van der Waals surface area (Å²) in [4.78, 5) is 14.5. The summed E-state index contributed by atoms with van der Waals surface area (Å²) in [5.41, 5.74) is 0.746. The number of rotatable bonds is 8. The number of hydrogen-bond acceptors (Lipinski definition) is 6. The maximum atomic E-state index is 11.0. The molecule has 8 heteroatoms. The van der Waals surface area contributed by atoms with Crippen molar-refractivity contribution in [1.29, 1.82) is 0 Å². The van der Waals surface area contributed by atoms with Gasteiger partial charge < -0.3 is 10.1 Å². The maximum Gasteiger partial charge on any atom is 0.311 e. The molecule has 1 aromatic carbocycles. The van der Waals surface area contributed by atoms with Crippen molar-refractivity contribution < 1.29 is 9.66 Å². The molecule has 1 aromatic heterocycles. The lowest BCUT2D eigenvalue weighted by Gasteiger charge is -2.09. The van der Waals surface area contributed by atoms with Crippen LogP contribution in [-0.2, 0) is 6.42 Å². The molecule has 0 saturated heterocycles. The average Bonchev–Trinajstić information content (AvgIpc) is 2.98. The quantitative estimate of drug-likeness (QED) is 0.570. The number of H-pyrrole nitrogens is 1. The summed E-state index contributed by atoms with van der Waals surface area (Å²) < 4.78 is 5.43. The van der Waals surface area contributed by atoms with E-state index in [0.29, 0.717) is 19.6 Å². The van der Waals surface area contributed by atoms with Gasteiger partial charge in [0.1, 0.15) is 12.2 Å². The van der Waals surface area contributed by atoms with Gasteiger partial charge in [0.05, 0.1) is 11.5 Å². The van der Waals surface area contributed by atoms with E-state index in [-0.39, 0.29) is 11.4 Å². The molecule has 0 saturated carbocycles. The number of aromatic amines is 1. The zero-order chi connectivity index (χ0) is 15.1. The number of hydrogen-bond donors (Lipinski definition) is 2. The molecule has 8 nitrogen and oxygen atoms in total. The van der Waals surface area contributed by atoms with Gasteiger partial charge >= 0.3 is 5.69 Å². The first-order chi connectivity index (χ1) is 10.2. The van der Waals surface area contributed by atoms with Gasteiger partial charge in [0.15, 0.2) is 5.75 Å². The van der Waals surface area contributed by atoms with Gasteiger partial charge in [-0.1, -0.05) is 6.92 Å². The maximum absolute atomic E-state index is 11.0. The smallest absolute Gasteiger partial charge is 0.311 e. The van der Waals surface area contributed by atoms with Gasteiger partial charge in [0, 0.05) is 30.8 Å². The van der Waals surface area contributed by atoms with Crippen LogP contribution in [0.3, 0.4) is 0 Å². The molecule has 112 valence electrons. The highest BCUT2D eigenvalue weighted by atomic mass is 16.6. The van der Waals surface area contributed by atoms with Crippen LogP contribution in [0.1, 0.15) is 19.2 Å². The van der Waals surface area contributed by atoms with Crippen molar-refractivity contribution in [1.82, 2.24) is 15.2 Å². The molecule has 0 aliphatic rings. The molecular formula is C13H17N5O3. The van der Waals surface area contributed by atoms with Gasteiger partial charge in [-0.05, 0) is 12.5 Å². The van der Waals surface area contributed by atoms with Crippen LogP contribution in [-0.4, -0.2) is 33.3 Å². The first-order valence-corrected chi connectivity index (χ1v) is 6.70. The molecule has 0 aliphatic heterocycles. The Kier molecular flexibility index (Phi) is 5.08. The Morgan fingerprint density at radius 1 is 1.48 bits per heavy atom. The number of ether oxygens (including phenoxy) is 1. The molecule has 0 aliphatic carbocycles. The molecule has 0 spiro atoms. The van der Waals surface area contributed by atoms with Crippen LogP contribution in [0.5, 0.6) is 5.75 Å². The summed E-state index contributed by atoms with van der Waals surface area (Å²) >= 11 is 0. The summed E-state index contributed by atoms with van der Waals surface area (Å²) in [6, 6.07) is 4.76. The summed E-state index contributed by atoms with van der Waals surface area (Å²) in [5.74, 6) is 1.07. The van der Waals surface area contributed by atoms with Crippen LogP contribution in [0.2, 0.25) is 0 Å². The molecule has 0 radical (unpaired) electrons. The van der Waals surface area contributed by atoms with Gasteiger partial charge in [-0.25, -0.2) is 4.98 Å². The van der Waals surface area contributed by atoms with Crippen molar-refractivity contribution in [3.05, 3.63) is 40.5 Å². The number of benzene rings is 1. The van der Waals surface area contributed by atoms with Crippen LogP contribution in [0.15, 0.2) is 24.5 Å². The highest BCUT2D eigenvalue weighted by Crippen LogP contribution is 2.30. The van der Waals surface area contributed by atoms with Crippen LogP contribution >= 0.6 is 0 Å². The van der Waals surface area contributed by atoms with Gasteiger partial charge in [-0.15, -0.1) is 0 Å². The third-order valence-corrected chi connectivity index (χ3v) is 2.77. The zero-order valence-corrected chi connectivity index (χ0v) is 11.7. The van der Waals surface area contributed by atoms with Crippen molar-refractivity contribution in [2.24, 2.45) is 0 Å². The minimum atomic E-state index is -0.441. The SMILES string of the molecule is CCCOc1cc(NCCc2ncn[nH]2)ccc1[N+](=O)[O-]. The molecule has 21 heavy (non-hydrogen) atoms. The number of nitrogens with one attached hydrogen (secondary N) is 2. The van der Waals surface area contributed by atoms with E-state index in [0.717, 1.165) is 17.9 Å². The predicted molar refractivity (Wildman–Crippen MR) is 77.5 cm³/mol. The summed E-state index contributed by atoms with van der Waals surface area (Å²) in [6.07, 6.45) is 2.93. The molecule has 2 aromatic rings. The summed E-state index contributed by atoms with van der Waals surface area (Å²) in [6.45, 7) is 3.04. The van der Waals surface area contributed by atoms with Crippen molar-refractivity contribution in [2.45, 2.75) is 19.8 Å². The topological polar surface area (TPSA) is 106 Å². The Hall–Kier alpha value is -2.64. The second kappa shape index (κ2) is 7.22. The Labute approximate surface area is 121 Å². The first kappa shape index (κ1) is 14.8. The van der Waals surface area contributed by atoms with E-state index in [1.165, 1.54) is 12.4 Å². The fourth-order valence-corrected chi connectivity index (χ4v) is 1.78. The van der Waals surface area contributed by atoms with E-state index < -0.39 is 4.92 Å². The second-order valence-corrected chi connectivity index (χ2v) is 4.40. The molecule has 0 bridgehead atoms. The van der Waals surface area contributed by atoms with Crippen molar-refractivity contribution in [2.75, 3.05) is 18.5 Å². The first-order valence-electron chi connectivity index (χ1n) is 6.70. The number of nitrogens with zero attached hydrogens (tertiary/aromatic N) is 3. The van der Waals surface area contributed by atoms with Crippen LogP contribution in [0.4, 0.5) is 11.4 Å². The minimum absolute atomic E-state index is 0.0239. The van der Waals surface area contributed by atoms with Crippen LogP contribution in [0.25, 0.3) is 0 Å². The van der Waals surface area contributed by atoms with Gasteiger partial charge in [0.2, 0.25) is 0 Å².